The van der Waals surface area contributed by atoms with Gasteiger partial charge in [0.05, 0.1) is 0 Å². The van der Waals surface area contributed by atoms with Crippen molar-refractivity contribution in [3.8, 4) is 28.1 Å². The third kappa shape index (κ3) is 2.22. The Morgan fingerprint density at radius 1 is 0.895 bits per heavy atom. The van der Waals surface area contributed by atoms with E-state index < -0.39 is 0 Å². The summed E-state index contributed by atoms with van der Waals surface area (Å²) in [6.45, 7) is 0. The normalized spacial score (nSPS) is 10.6. The molecule has 0 saturated carbocycles. The summed E-state index contributed by atoms with van der Waals surface area (Å²) in [4.78, 5) is 0. The fourth-order valence-electron chi connectivity index (χ4n) is 2.15. The van der Waals surface area contributed by atoms with E-state index >= 15 is 0 Å². The van der Waals surface area contributed by atoms with Crippen LogP contribution in [0.5, 0.6) is 5.75 Å². The zero-order chi connectivity index (χ0) is 13.2. The van der Waals surface area contributed by atoms with Crippen molar-refractivity contribution in [1.82, 2.24) is 9.78 Å². The molecule has 0 aliphatic carbocycles. The Labute approximate surface area is 111 Å². The first-order valence-electron chi connectivity index (χ1n) is 6.12. The highest BCUT2D eigenvalue weighted by molar-refractivity contribution is 5.80. The zero-order valence-electron chi connectivity index (χ0n) is 10.6. The van der Waals surface area contributed by atoms with Crippen LogP contribution in [0, 0.1) is 0 Å². The van der Waals surface area contributed by atoms with Crippen LogP contribution in [0.2, 0.25) is 0 Å². The average Bonchev–Trinajstić information content (AvgIpc) is 2.83. The van der Waals surface area contributed by atoms with Crippen molar-refractivity contribution in [3.63, 3.8) is 0 Å². The second kappa shape index (κ2) is 4.61. The van der Waals surface area contributed by atoms with Crippen molar-refractivity contribution in [2.75, 3.05) is 0 Å². The Morgan fingerprint density at radius 2 is 1.58 bits per heavy atom. The Kier molecular flexibility index (Phi) is 2.80. The minimum absolute atomic E-state index is 0.265. The summed E-state index contributed by atoms with van der Waals surface area (Å²) in [6.07, 6.45) is 2.01. The maximum atomic E-state index is 9.37. The van der Waals surface area contributed by atoms with Crippen molar-refractivity contribution in [1.29, 1.82) is 0 Å². The molecule has 0 amide bonds. The predicted molar refractivity (Wildman–Crippen MR) is 75.7 cm³/mol. The molecular formula is C16H14N2O. The molecular weight excluding hydrogens is 236 g/mol. The van der Waals surface area contributed by atoms with Gasteiger partial charge in [0.2, 0.25) is 0 Å². The van der Waals surface area contributed by atoms with Crippen molar-refractivity contribution in [3.05, 3.63) is 60.8 Å². The van der Waals surface area contributed by atoms with Crippen molar-refractivity contribution in [2.24, 2.45) is 7.05 Å². The lowest BCUT2D eigenvalue weighted by Gasteiger charge is -2.02. The van der Waals surface area contributed by atoms with Crippen LogP contribution in [0.25, 0.3) is 22.4 Å². The van der Waals surface area contributed by atoms with Crippen LogP contribution in [0.1, 0.15) is 0 Å². The molecule has 1 N–H and O–H groups in total. The molecule has 0 unspecified atom stereocenters. The van der Waals surface area contributed by atoms with Gasteiger partial charge in [0, 0.05) is 24.4 Å². The van der Waals surface area contributed by atoms with Gasteiger partial charge in [0.15, 0.2) is 0 Å². The molecule has 0 bridgehead atoms. The second-order valence-corrected chi connectivity index (χ2v) is 4.48. The van der Waals surface area contributed by atoms with E-state index in [0.29, 0.717) is 0 Å². The van der Waals surface area contributed by atoms with Crippen LogP contribution in [-0.4, -0.2) is 14.9 Å². The van der Waals surface area contributed by atoms with Gasteiger partial charge >= 0.3 is 0 Å². The number of phenolic OH excluding ortho intramolecular Hbond substituents is 1. The van der Waals surface area contributed by atoms with E-state index in [1.165, 1.54) is 0 Å². The standard InChI is InChI=1S/C16H14N2O/c1-18-11-15(12-5-3-2-4-6-12)16(17-18)13-7-9-14(19)10-8-13/h2-11,19H,1H3. The largest absolute Gasteiger partial charge is 0.508 e. The van der Waals surface area contributed by atoms with Gasteiger partial charge in [-0.1, -0.05) is 30.3 Å². The Morgan fingerprint density at radius 3 is 2.26 bits per heavy atom. The van der Waals surface area contributed by atoms with Gasteiger partial charge in [0.1, 0.15) is 11.4 Å². The maximum Gasteiger partial charge on any atom is 0.115 e. The summed E-state index contributed by atoms with van der Waals surface area (Å²) in [5, 5.41) is 13.9. The number of aryl methyl sites for hydroxylation is 1. The lowest BCUT2D eigenvalue weighted by atomic mass is 10.0. The topological polar surface area (TPSA) is 38.0 Å². The van der Waals surface area contributed by atoms with Crippen LogP contribution in [0.4, 0.5) is 0 Å². The van der Waals surface area contributed by atoms with E-state index in [1.807, 2.05) is 48.3 Å². The predicted octanol–water partition coefficient (Wildman–Crippen LogP) is 3.46. The summed E-state index contributed by atoms with van der Waals surface area (Å²) >= 11 is 0. The number of aromatic nitrogens is 2. The highest BCUT2D eigenvalue weighted by Gasteiger charge is 2.11. The van der Waals surface area contributed by atoms with Crippen molar-refractivity contribution < 1.29 is 5.11 Å². The van der Waals surface area contributed by atoms with E-state index in [9.17, 15) is 5.11 Å². The number of benzene rings is 2. The van der Waals surface area contributed by atoms with Gasteiger partial charge in [-0.2, -0.15) is 5.10 Å². The summed E-state index contributed by atoms with van der Waals surface area (Å²) in [5.41, 5.74) is 4.15. The third-order valence-electron chi connectivity index (χ3n) is 3.05. The van der Waals surface area contributed by atoms with E-state index in [1.54, 1.807) is 12.1 Å². The number of hydrogen-bond donors (Lipinski definition) is 1. The molecule has 94 valence electrons. The summed E-state index contributed by atoms with van der Waals surface area (Å²) in [6, 6.07) is 17.3. The molecule has 1 heterocycles. The summed E-state index contributed by atoms with van der Waals surface area (Å²) in [7, 11) is 1.91. The molecule has 19 heavy (non-hydrogen) atoms. The summed E-state index contributed by atoms with van der Waals surface area (Å²) < 4.78 is 1.81. The molecule has 3 aromatic rings. The van der Waals surface area contributed by atoms with Crippen molar-refractivity contribution >= 4 is 0 Å². The molecule has 3 nitrogen and oxygen atoms in total. The van der Waals surface area contributed by atoms with E-state index in [-0.39, 0.29) is 5.75 Å². The van der Waals surface area contributed by atoms with E-state index in [2.05, 4.69) is 17.2 Å². The first kappa shape index (κ1) is 11.5. The number of nitrogens with zero attached hydrogens (tertiary/aromatic N) is 2. The fourth-order valence-corrected chi connectivity index (χ4v) is 2.15. The van der Waals surface area contributed by atoms with E-state index in [4.69, 9.17) is 0 Å². The molecule has 0 fully saturated rings. The lowest BCUT2D eigenvalue weighted by molar-refractivity contribution is 0.475. The first-order chi connectivity index (χ1) is 9.24. The molecule has 0 aliphatic rings. The van der Waals surface area contributed by atoms with Gasteiger partial charge in [-0.25, -0.2) is 0 Å². The Bertz CT molecular complexity index is 685. The van der Waals surface area contributed by atoms with Crippen LogP contribution in [0.3, 0.4) is 0 Å². The fraction of sp³-hybridized carbons (Fsp3) is 0.0625. The van der Waals surface area contributed by atoms with Gasteiger partial charge < -0.3 is 5.11 Å². The van der Waals surface area contributed by atoms with Crippen LogP contribution in [-0.2, 0) is 7.05 Å². The molecule has 0 radical (unpaired) electrons. The zero-order valence-corrected chi connectivity index (χ0v) is 10.6. The molecule has 3 rings (SSSR count). The molecule has 2 aromatic carbocycles. The maximum absolute atomic E-state index is 9.37. The van der Waals surface area contributed by atoms with Gasteiger partial charge in [0.25, 0.3) is 0 Å². The quantitative estimate of drug-likeness (QED) is 0.756. The molecule has 0 saturated heterocycles. The minimum Gasteiger partial charge on any atom is -0.508 e. The Hall–Kier alpha value is -2.55. The highest BCUT2D eigenvalue weighted by Crippen LogP contribution is 2.31. The minimum atomic E-state index is 0.265. The van der Waals surface area contributed by atoms with Gasteiger partial charge in [-0.05, 0) is 29.8 Å². The number of rotatable bonds is 2. The smallest absolute Gasteiger partial charge is 0.115 e. The third-order valence-corrected chi connectivity index (χ3v) is 3.05. The van der Waals surface area contributed by atoms with Crippen LogP contribution < -0.4 is 0 Å². The molecule has 1 aromatic heterocycles. The first-order valence-corrected chi connectivity index (χ1v) is 6.12. The SMILES string of the molecule is Cn1cc(-c2ccccc2)c(-c2ccc(O)cc2)n1. The number of phenols is 1. The number of aromatic hydroxyl groups is 1. The molecule has 0 aliphatic heterocycles. The van der Waals surface area contributed by atoms with Crippen molar-refractivity contribution in [2.45, 2.75) is 0 Å². The molecule has 0 atom stereocenters. The van der Waals surface area contributed by atoms with Gasteiger partial charge in [-0.3, -0.25) is 4.68 Å². The number of hydrogen-bond acceptors (Lipinski definition) is 2. The highest BCUT2D eigenvalue weighted by atomic mass is 16.3. The molecule has 3 heteroatoms. The Balaban J connectivity index is 2.15. The van der Waals surface area contributed by atoms with Crippen LogP contribution in [0.15, 0.2) is 60.8 Å². The van der Waals surface area contributed by atoms with Crippen LogP contribution >= 0.6 is 0 Å². The van der Waals surface area contributed by atoms with E-state index in [0.717, 1.165) is 22.4 Å². The summed E-state index contributed by atoms with van der Waals surface area (Å²) in [5.74, 6) is 0.265. The lowest BCUT2D eigenvalue weighted by Crippen LogP contribution is -1.87. The monoisotopic (exact) mass is 250 g/mol. The van der Waals surface area contributed by atoms with Gasteiger partial charge in [-0.15, -0.1) is 0 Å². The second-order valence-electron chi connectivity index (χ2n) is 4.48. The molecule has 0 spiro atoms. The average molecular weight is 250 g/mol.